The van der Waals surface area contributed by atoms with Gasteiger partial charge in [-0.2, -0.15) is 0 Å². The Bertz CT molecular complexity index is 1160. The van der Waals surface area contributed by atoms with Gasteiger partial charge in [0, 0.05) is 18.8 Å². The average molecular weight is 438 g/mol. The van der Waals surface area contributed by atoms with Crippen LogP contribution in [0.15, 0.2) is 52.8 Å². The SMILES string of the molecule is C[C@@H](OC1CC=C(CNC(=O)c2cccnc2Oc2ccc3nonc3c2)CC1)C(=O)O. The minimum atomic E-state index is -0.973. The zero-order chi connectivity index (χ0) is 22.5. The predicted molar refractivity (Wildman–Crippen MR) is 112 cm³/mol. The molecule has 2 heterocycles. The van der Waals surface area contributed by atoms with Gasteiger partial charge in [0.1, 0.15) is 22.3 Å². The Hall–Kier alpha value is -3.79. The number of amides is 1. The molecule has 2 aromatic heterocycles. The van der Waals surface area contributed by atoms with E-state index in [1.165, 1.54) is 6.92 Å². The fourth-order valence-corrected chi connectivity index (χ4v) is 3.37. The van der Waals surface area contributed by atoms with Crippen LogP contribution in [-0.2, 0) is 9.53 Å². The molecule has 0 bridgehead atoms. The van der Waals surface area contributed by atoms with Crippen molar-refractivity contribution >= 4 is 22.9 Å². The topological polar surface area (TPSA) is 137 Å². The number of pyridine rings is 1. The van der Waals surface area contributed by atoms with Gasteiger partial charge in [-0.25, -0.2) is 14.4 Å². The molecule has 1 amide bonds. The number of carbonyl (C=O) groups is 2. The lowest BCUT2D eigenvalue weighted by Crippen LogP contribution is -2.30. The van der Waals surface area contributed by atoms with Crippen molar-refractivity contribution in [3.63, 3.8) is 0 Å². The molecule has 1 aliphatic rings. The molecule has 0 saturated heterocycles. The number of carboxylic acids is 1. The minimum absolute atomic E-state index is 0.129. The number of fused-ring (bicyclic) bond motifs is 1. The molecule has 0 saturated carbocycles. The third-order valence-electron chi connectivity index (χ3n) is 5.13. The number of nitrogens with one attached hydrogen (secondary N) is 1. The molecule has 0 spiro atoms. The number of benzene rings is 1. The summed E-state index contributed by atoms with van der Waals surface area (Å²) in [5, 5.41) is 19.4. The summed E-state index contributed by atoms with van der Waals surface area (Å²) < 4.78 is 16.0. The van der Waals surface area contributed by atoms with Crippen LogP contribution in [0, 0.1) is 0 Å². The number of aliphatic carboxylic acids is 1. The second kappa shape index (κ2) is 9.56. The van der Waals surface area contributed by atoms with E-state index in [0.29, 0.717) is 41.7 Å². The Labute approximate surface area is 183 Å². The Morgan fingerprint density at radius 2 is 2.12 bits per heavy atom. The smallest absolute Gasteiger partial charge is 0.332 e. The highest BCUT2D eigenvalue weighted by Crippen LogP contribution is 2.26. The third kappa shape index (κ3) is 5.09. The zero-order valence-electron chi connectivity index (χ0n) is 17.4. The van der Waals surface area contributed by atoms with Crippen molar-refractivity contribution in [3.05, 3.63) is 53.7 Å². The molecule has 3 aromatic rings. The Morgan fingerprint density at radius 3 is 2.91 bits per heavy atom. The van der Waals surface area contributed by atoms with Gasteiger partial charge in [0.25, 0.3) is 5.91 Å². The molecular formula is C22H22N4O6. The highest BCUT2D eigenvalue weighted by atomic mass is 16.6. The number of ether oxygens (including phenoxy) is 2. The van der Waals surface area contributed by atoms with Gasteiger partial charge in [-0.05, 0) is 60.8 Å². The number of hydrogen-bond donors (Lipinski definition) is 2. The van der Waals surface area contributed by atoms with Crippen LogP contribution in [0.1, 0.15) is 36.5 Å². The van der Waals surface area contributed by atoms with Crippen LogP contribution in [0.5, 0.6) is 11.6 Å². The summed E-state index contributed by atoms with van der Waals surface area (Å²) in [5.41, 5.74) is 2.51. The molecule has 1 aliphatic carbocycles. The van der Waals surface area contributed by atoms with Crippen molar-refractivity contribution in [2.45, 2.75) is 38.4 Å². The fourth-order valence-electron chi connectivity index (χ4n) is 3.37. The number of nitrogens with zero attached hydrogens (tertiary/aromatic N) is 3. The van der Waals surface area contributed by atoms with Gasteiger partial charge in [0.15, 0.2) is 6.10 Å². The van der Waals surface area contributed by atoms with Crippen molar-refractivity contribution in [3.8, 4) is 11.6 Å². The highest BCUT2D eigenvalue weighted by Gasteiger charge is 2.21. The van der Waals surface area contributed by atoms with Crippen LogP contribution in [0.25, 0.3) is 11.0 Å². The first-order valence-electron chi connectivity index (χ1n) is 10.2. The van der Waals surface area contributed by atoms with Crippen LogP contribution >= 0.6 is 0 Å². The first-order chi connectivity index (χ1) is 15.5. The van der Waals surface area contributed by atoms with Gasteiger partial charge >= 0.3 is 5.97 Å². The average Bonchev–Trinajstić information content (AvgIpc) is 3.26. The maximum absolute atomic E-state index is 12.8. The molecule has 1 unspecified atom stereocenters. The monoisotopic (exact) mass is 438 g/mol. The predicted octanol–water partition coefficient (Wildman–Crippen LogP) is 3.11. The maximum Gasteiger partial charge on any atom is 0.332 e. The summed E-state index contributed by atoms with van der Waals surface area (Å²) in [4.78, 5) is 27.9. The van der Waals surface area contributed by atoms with Gasteiger partial charge in [0.2, 0.25) is 5.88 Å². The molecule has 2 N–H and O–H groups in total. The first-order valence-corrected chi connectivity index (χ1v) is 10.2. The van der Waals surface area contributed by atoms with E-state index >= 15 is 0 Å². The van der Waals surface area contributed by atoms with Crippen LogP contribution in [0.2, 0.25) is 0 Å². The van der Waals surface area contributed by atoms with Crippen molar-refractivity contribution < 1.29 is 28.8 Å². The lowest BCUT2D eigenvalue weighted by Gasteiger charge is -2.24. The van der Waals surface area contributed by atoms with Crippen LogP contribution in [0.3, 0.4) is 0 Å². The molecule has 10 heteroatoms. The normalized spacial score (nSPS) is 16.9. The molecule has 32 heavy (non-hydrogen) atoms. The number of hydrogen-bond acceptors (Lipinski definition) is 8. The summed E-state index contributed by atoms with van der Waals surface area (Å²) in [6.07, 6.45) is 4.62. The molecule has 0 fully saturated rings. The quantitative estimate of drug-likeness (QED) is 0.508. The van der Waals surface area contributed by atoms with Gasteiger partial charge in [-0.15, -0.1) is 0 Å². The summed E-state index contributed by atoms with van der Waals surface area (Å²) in [6.45, 7) is 1.90. The van der Waals surface area contributed by atoms with Crippen LogP contribution < -0.4 is 10.1 Å². The minimum Gasteiger partial charge on any atom is -0.479 e. The van der Waals surface area contributed by atoms with E-state index in [2.05, 4.69) is 25.2 Å². The van der Waals surface area contributed by atoms with Gasteiger partial charge in [-0.1, -0.05) is 11.6 Å². The second-order valence-corrected chi connectivity index (χ2v) is 7.43. The standard InChI is InChI=1S/C22H22N4O6/c1-13(22(28)29)30-15-6-4-14(5-7-15)12-24-20(27)17-3-2-10-23-21(17)31-16-8-9-18-19(11-16)26-32-25-18/h2-4,8-11,13,15H,5-7,12H2,1H3,(H,24,27)(H,28,29)/t13-,15?/m1/s1. The lowest BCUT2D eigenvalue weighted by atomic mass is 9.97. The molecule has 10 nitrogen and oxygen atoms in total. The van der Waals surface area contributed by atoms with E-state index < -0.39 is 12.1 Å². The summed E-state index contributed by atoms with van der Waals surface area (Å²) in [7, 11) is 0. The molecule has 2 atom stereocenters. The third-order valence-corrected chi connectivity index (χ3v) is 5.13. The van der Waals surface area contributed by atoms with E-state index in [0.717, 1.165) is 12.0 Å². The summed E-state index contributed by atoms with van der Waals surface area (Å²) >= 11 is 0. The van der Waals surface area contributed by atoms with Gasteiger partial charge in [-0.3, -0.25) is 4.79 Å². The molecule has 0 aliphatic heterocycles. The summed E-state index contributed by atoms with van der Waals surface area (Å²) in [5.74, 6) is -0.651. The number of rotatable bonds is 8. The van der Waals surface area contributed by atoms with Crippen molar-refractivity contribution in [1.29, 1.82) is 0 Å². The first kappa shape index (κ1) is 21.4. The molecular weight excluding hydrogens is 416 g/mol. The van der Waals surface area contributed by atoms with E-state index in [1.54, 1.807) is 36.5 Å². The van der Waals surface area contributed by atoms with E-state index in [9.17, 15) is 9.59 Å². The van der Waals surface area contributed by atoms with Crippen molar-refractivity contribution in [1.82, 2.24) is 20.6 Å². The van der Waals surface area contributed by atoms with E-state index in [4.69, 9.17) is 14.6 Å². The second-order valence-electron chi connectivity index (χ2n) is 7.43. The highest BCUT2D eigenvalue weighted by molar-refractivity contribution is 5.96. The molecule has 0 radical (unpaired) electrons. The maximum atomic E-state index is 12.8. The largest absolute Gasteiger partial charge is 0.479 e. The van der Waals surface area contributed by atoms with Gasteiger partial charge in [0.05, 0.1) is 6.10 Å². The lowest BCUT2D eigenvalue weighted by molar-refractivity contribution is -0.153. The van der Waals surface area contributed by atoms with Crippen molar-refractivity contribution in [2.24, 2.45) is 0 Å². The number of aromatic nitrogens is 3. The van der Waals surface area contributed by atoms with Crippen LogP contribution in [-0.4, -0.2) is 51.0 Å². The number of carboxylic acid groups (broad SMARTS) is 1. The van der Waals surface area contributed by atoms with Crippen molar-refractivity contribution in [2.75, 3.05) is 6.54 Å². The van der Waals surface area contributed by atoms with E-state index in [1.807, 2.05) is 6.08 Å². The van der Waals surface area contributed by atoms with Gasteiger partial charge < -0.3 is 19.9 Å². The molecule has 4 rings (SSSR count). The Morgan fingerprint density at radius 1 is 1.28 bits per heavy atom. The molecule has 1 aromatic carbocycles. The van der Waals surface area contributed by atoms with Crippen LogP contribution in [0.4, 0.5) is 0 Å². The summed E-state index contributed by atoms with van der Waals surface area (Å²) in [6, 6.07) is 8.35. The van der Waals surface area contributed by atoms with E-state index in [-0.39, 0.29) is 17.9 Å². The zero-order valence-corrected chi connectivity index (χ0v) is 17.4. The Balaban J connectivity index is 1.36. The molecule has 166 valence electrons. The number of carbonyl (C=O) groups excluding carboxylic acids is 1. The fraction of sp³-hybridized carbons (Fsp3) is 0.318. The Kier molecular flexibility index (Phi) is 6.41.